The Labute approximate surface area is 58.2 Å². The molecular formula is C7H15BO. The highest BCUT2D eigenvalue weighted by Crippen LogP contribution is 2.23. The Kier molecular flexibility index (Phi) is 2.17. The highest BCUT2D eigenvalue weighted by Gasteiger charge is 2.24. The van der Waals surface area contributed by atoms with Crippen LogP contribution in [-0.2, 0) is 4.74 Å². The third-order valence-corrected chi connectivity index (χ3v) is 2.30. The Morgan fingerprint density at radius 1 is 1.56 bits per heavy atom. The minimum atomic E-state index is 0.220. The van der Waals surface area contributed by atoms with Gasteiger partial charge in [0.05, 0.1) is 0 Å². The first-order chi connectivity index (χ1) is 4.27. The molecule has 0 bridgehead atoms. The maximum atomic E-state index is 5.61. The van der Waals surface area contributed by atoms with E-state index in [4.69, 9.17) is 4.74 Å². The van der Waals surface area contributed by atoms with Crippen LogP contribution in [0.15, 0.2) is 0 Å². The van der Waals surface area contributed by atoms with Crippen molar-refractivity contribution < 1.29 is 4.74 Å². The summed E-state index contributed by atoms with van der Waals surface area (Å²) in [6, 6.07) is 0. The maximum Gasteiger partial charge on any atom is 0.143 e. The zero-order valence-corrected chi connectivity index (χ0v) is 6.44. The molecule has 1 nitrogen and oxygen atoms in total. The van der Waals surface area contributed by atoms with Gasteiger partial charge in [0.2, 0.25) is 0 Å². The molecule has 0 spiro atoms. The van der Waals surface area contributed by atoms with E-state index in [0.717, 1.165) is 13.0 Å². The van der Waals surface area contributed by atoms with Crippen LogP contribution >= 0.6 is 0 Å². The van der Waals surface area contributed by atoms with Crippen molar-refractivity contribution in [2.75, 3.05) is 6.61 Å². The number of ether oxygens (including phenoxy) is 1. The predicted molar refractivity (Wildman–Crippen MR) is 41.4 cm³/mol. The molecule has 0 radical (unpaired) electrons. The summed E-state index contributed by atoms with van der Waals surface area (Å²) < 4.78 is 5.61. The van der Waals surface area contributed by atoms with Crippen molar-refractivity contribution >= 4 is 7.85 Å². The van der Waals surface area contributed by atoms with Crippen molar-refractivity contribution in [3.63, 3.8) is 0 Å². The average molecular weight is 126 g/mol. The maximum absolute atomic E-state index is 5.61. The van der Waals surface area contributed by atoms with Crippen LogP contribution in [0.25, 0.3) is 0 Å². The second kappa shape index (κ2) is 2.74. The highest BCUT2D eigenvalue weighted by molar-refractivity contribution is 6.14. The highest BCUT2D eigenvalue weighted by atomic mass is 16.5. The summed E-state index contributed by atoms with van der Waals surface area (Å²) in [5.41, 5.74) is 0.220. The van der Waals surface area contributed by atoms with E-state index in [0.29, 0.717) is 0 Å². The van der Waals surface area contributed by atoms with Crippen LogP contribution < -0.4 is 0 Å². The van der Waals surface area contributed by atoms with Gasteiger partial charge in [-0.15, -0.1) is 0 Å². The van der Waals surface area contributed by atoms with E-state index in [1.165, 1.54) is 19.3 Å². The van der Waals surface area contributed by atoms with Crippen LogP contribution in [0.3, 0.4) is 0 Å². The molecule has 0 aromatic rings. The Morgan fingerprint density at radius 2 is 2.33 bits per heavy atom. The van der Waals surface area contributed by atoms with Crippen molar-refractivity contribution in [2.24, 2.45) is 0 Å². The molecule has 1 saturated heterocycles. The summed E-state index contributed by atoms with van der Waals surface area (Å²) in [5.74, 6) is 0. The predicted octanol–water partition coefficient (Wildman–Crippen LogP) is 0.926. The molecule has 1 fully saturated rings. The van der Waals surface area contributed by atoms with E-state index in [9.17, 15) is 0 Å². The molecule has 1 rings (SSSR count). The first-order valence-corrected chi connectivity index (χ1v) is 3.91. The molecule has 1 unspecified atom stereocenters. The lowest BCUT2D eigenvalue weighted by Gasteiger charge is -2.32. The zero-order valence-electron chi connectivity index (χ0n) is 6.44. The fourth-order valence-corrected chi connectivity index (χ4v) is 1.27. The minimum absolute atomic E-state index is 0.220. The summed E-state index contributed by atoms with van der Waals surface area (Å²) in [6.45, 7) is 3.18. The van der Waals surface area contributed by atoms with Crippen molar-refractivity contribution in [1.29, 1.82) is 0 Å². The monoisotopic (exact) mass is 126 g/mol. The molecule has 1 aliphatic heterocycles. The van der Waals surface area contributed by atoms with Gasteiger partial charge in [-0.1, -0.05) is 6.92 Å². The van der Waals surface area contributed by atoms with E-state index in [2.05, 4.69) is 14.8 Å². The summed E-state index contributed by atoms with van der Waals surface area (Å²) in [6.07, 6.45) is 5.02. The molecule has 1 atom stereocenters. The topological polar surface area (TPSA) is 9.23 Å². The van der Waals surface area contributed by atoms with Crippen LogP contribution in [0, 0.1) is 0 Å². The normalized spacial score (nSPS) is 36.6. The lowest BCUT2D eigenvalue weighted by Crippen LogP contribution is -2.35. The van der Waals surface area contributed by atoms with Crippen LogP contribution in [0.4, 0.5) is 0 Å². The Hall–Kier alpha value is 0.0249. The van der Waals surface area contributed by atoms with Crippen molar-refractivity contribution in [3.8, 4) is 0 Å². The van der Waals surface area contributed by atoms with Crippen LogP contribution in [0.1, 0.15) is 32.6 Å². The van der Waals surface area contributed by atoms with Crippen LogP contribution in [-0.4, -0.2) is 20.0 Å². The molecule has 0 aromatic carbocycles. The Morgan fingerprint density at radius 3 is 2.67 bits per heavy atom. The van der Waals surface area contributed by atoms with Crippen LogP contribution in [0.5, 0.6) is 0 Å². The minimum Gasteiger partial charge on any atom is -0.384 e. The standard InChI is InChI=1S/C7H15BO/c1-2-7(8)5-3-4-6-9-7/h2-6,8H2,1H3. The third kappa shape index (κ3) is 1.72. The molecule has 0 saturated carbocycles. The van der Waals surface area contributed by atoms with Gasteiger partial charge in [-0.2, -0.15) is 0 Å². The first kappa shape index (κ1) is 7.14. The molecule has 0 aromatic heterocycles. The molecular weight excluding hydrogens is 111 g/mol. The average Bonchev–Trinajstić information content (AvgIpc) is 1.90. The first-order valence-electron chi connectivity index (χ1n) is 3.91. The lowest BCUT2D eigenvalue weighted by molar-refractivity contribution is -0.0195. The van der Waals surface area contributed by atoms with Gasteiger partial charge in [-0.25, -0.2) is 0 Å². The molecule has 52 valence electrons. The van der Waals surface area contributed by atoms with Crippen molar-refractivity contribution in [2.45, 2.75) is 38.1 Å². The van der Waals surface area contributed by atoms with Gasteiger partial charge in [0, 0.05) is 12.1 Å². The van der Waals surface area contributed by atoms with Crippen molar-refractivity contribution in [1.82, 2.24) is 0 Å². The van der Waals surface area contributed by atoms with Gasteiger partial charge in [-0.3, -0.25) is 0 Å². The second-order valence-electron chi connectivity index (χ2n) is 3.11. The molecule has 9 heavy (non-hydrogen) atoms. The molecule has 0 amide bonds. The number of hydrogen-bond acceptors (Lipinski definition) is 1. The van der Waals surface area contributed by atoms with Gasteiger partial charge < -0.3 is 4.74 Å². The van der Waals surface area contributed by atoms with E-state index < -0.39 is 0 Å². The van der Waals surface area contributed by atoms with Gasteiger partial charge >= 0.3 is 0 Å². The van der Waals surface area contributed by atoms with E-state index in [-0.39, 0.29) is 5.50 Å². The Bertz CT molecular complexity index is 86.9. The smallest absolute Gasteiger partial charge is 0.143 e. The molecule has 0 N–H and O–H groups in total. The zero-order chi connectivity index (χ0) is 6.74. The summed E-state index contributed by atoms with van der Waals surface area (Å²) >= 11 is 0. The van der Waals surface area contributed by atoms with Gasteiger partial charge in [0.1, 0.15) is 7.85 Å². The molecule has 2 heteroatoms. The summed E-state index contributed by atoms with van der Waals surface area (Å²) in [7, 11) is 2.21. The number of hydrogen-bond donors (Lipinski definition) is 0. The summed E-state index contributed by atoms with van der Waals surface area (Å²) in [4.78, 5) is 0. The fraction of sp³-hybridized carbons (Fsp3) is 1.00. The molecule has 1 heterocycles. The van der Waals surface area contributed by atoms with Crippen molar-refractivity contribution in [3.05, 3.63) is 0 Å². The van der Waals surface area contributed by atoms with Gasteiger partial charge in [0.25, 0.3) is 0 Å². The van der Waals surface area contributed by atoms with Gasteiger partial charge in [-0.05, 0) is 25.7 Å². The quantitative estimate of drug-likeness (QED) is 0.475. The van der Waals surface area contributed by atoms with E-state index in [1.54, 1.807) is 0 Å². The lowest BCUT2D eigenvalue weighted by atomic mass is 9.74. The molecule has 1 aliphatic rings. The van der Waals surface area contributed by atoms with Gasteiger partial charge in [0.15, 0.2) is 0 Å². The largest absolute Gasteiger partial charge is 0.384 e. The Balaban J connectivity index is 2.37. The fourth-order valence-electron chi connectivity index (χ4n) is 1.27. The van der Waals surface area contributed by atoms with E-state index in [1.807, 2.05) is 0 Å². The molecule has 0 aliphatic carbocycles. The summed E-state index contributed by atoms with van der Waals surface area (Å²) in [5, 5.41) is 0. The second-order valence-corrected chi connectivity index (χ2v) is 3.11. The van der Waals surface area contributed by atoms with E-state index >= 15 is 0 Å². The van der Waals surface area contributed by atoms with Crippen LogP contribution in [0.2, 0.25) is 0 Å². The SMILES string of the molecule is BC1(CC)CCCCO1. The third-order valence-electron chi connectivity index (χ3n) is 2.30. The number of rotatable bonds is 1.